The number of aliphatic carboxylic acids is 1. The fourth-order valence-electron chi connectivity index (χ4n) is 3.67. The van der Waals surface area contributed by atoms with Gasteiger partial charge in [-0.15, -0.1) is 0 Å². The Bertz CT molecular complexity index is 897. The van der Waals surface area contributed by atoms with Crippen LogP contribution in [0.25, 0.3) is 11.0 Å². The summed E-state index contributed by atoms with van der Waals surface area (Å²) in [6.07, 6.45) is 1.80. The van der Waals surface area contributed by atoms with Crippen LogP contribution in [0.2, 0.25) is 0 Å². The van der Waals surface area contributed by atoms with Crippen LogP contribution in [0.3, 0.4) is 0 Å². The quantitative estimate of drug-likeness (QED) is 0.415. The summed E-state index contributed by atoms with van der Waals surface area (Å²) in [5.74, 6) is 1.68. The van der Waals surface area contributed by atoms with E-state index in [2.05, 4.69) is 29.0 Å². The number of likely N-dealkylation sites (tertiary alicyclic amines) is 1. The van der Waals surface area contributed by atoms with Gasteiger partial charge in [-0.05, 0) is 13.8 Å². The standard InChI is InChI=1S/C21H31N5O3/c1-12(2)21-24-16-11-17(29-15-6-9-26(10-7-15)14(4)22)20(13(3)19(16)25-21)23-8-5-18(27)28/h11-12,15,22-23H,5-10H2,1-4H3,(H,24,25)(H,27,28). The minimum Gasteiger partial charge on any atom is -0.488 e. The molecular formula is C21H31N5O3. The third-order valence-corrected chi connectivity index (χ3v) is 5.40. The van der Waals surface area contributed by atoms with Gasteiger partial charge in [-0.2, -0.15) is 0 Å². The van der Waals surface area contributed by atoms with Gasteiger partial charge in [0, 0.05) is 50.0 Å². The summed E-state index contributed by atoms with van der Waals surface area (Å²) < 4.78 is 6.38. The Labute approximate surface area is 171 Å². The first-order valence-corrected chi connectivity index (χ1v) is 10.2. The highest BCUT2D eigenvalue weighted by Gasteiger charge is 2.23. The van der Waals surface area contributed by atoms with E-state index in [0.717, 1.165) is 59.8 Å². The molecule has 1 fully saturated rings. The third kappa shape index (κ3) is 4.81. The predicted molar refractivity (Wildman–Crippen MR) is 114 cm³/mol. The monoisotopic (exact) mass is 401 g/mol. The number of benzene rings is 1. The molecule has 158 valence electrons. The van der Waals surface area contributed by atoms with Crippen LogP contribution in [0.5, 0.6) is 5.75 Å². The predicted octanol–water partition coefficient (Wildman–Crippen LogP) is 3.72. The molecule has 1 aliphatic rings. The number of hydrogen-bond donors (Lipinski definition) is 4. The molecule has 29 heavy (non-hydrogen) atoms. The van der Waals surface area contributed by atoms with Crippen molar-refractivity contribution in [1.29, 1.82) is 5.41 Å². The number of ether oxygens (including phenoxy) is 1. The highest BCUT2D eigenvalue weighted by atomic mass is 16.5. The van der Waals surface area contributed by atoms with E-state index in [0.29, 0.717) is 12.4 Å². The van der Waals surface area contributed by atoms with Crippen LogP contribution in [-0.2, 0) is 4.79 Å². The van der Waals surface area contributed by atoms with Crippen molar-refractivity contribution in [3.63, 3.8) is 0 Å². The van der Waals surface area contributed by atoms with E-state index in [9.17, 15) is 4.79 Å². The average molecular weight is 402 g/mol. The molecule has 0 amide bonds. The van der Waals surface area contributed by atoms with Crippen molar-refractivity contribution in [2.24, 2.45) is 0 Å². The number of piperidine rings is 1. The number of aromatic nitrogens is 2. The van der Waals surface area contributed by atoms with Gasteiger partial charge >= 0.3 is 5.97 Å². The molecule has 2 heterocycles. The van der Waals surface area contributed by atoms with E-state index in [1.807, 2.05) is 19.9 Å². The highest BCUT2D eigenvalue weighted by molar-refractivity contribution is 5.88. The van der Waals surface area contributed by atoms with Gasteiger partial charge in [0.05, 0.1) is 29.0 Å². The second kappa shape index (κ2) is 8.71. The first kappa shape index (κ1) is 21.0. The average Bonchev–Trinajstić information content (AvgIpc) is 3.09. The molecule has 0 atom stereocenters. The molecule has 1 saturated heterocycles. The topological polar surface area (TPSA) is 114 Å². The number of imidazole rings is 1. The minimum absolute atomic E-state index is 0.0335. The van der Waals surface area contributed by atoms with Crippen molar-refractivity contribution >= 4 is 28.5 Å². The van der Waals surface area contributed by atoms with Crippen molar-refractivity contribution in [2.75, 3.05) is 25.0 Å². The molecule has 0 spiro atoms. The minimum atomic E-state index is -0.838. The molecule has 1 aliphatic heterocycles. The Hall–Kier alpha value is -2.77. The third-order valence-electron chi connectivity index (χ3n) is 5.40. The van der Waals surface area contributed by atoms with Crippen LogP contribution in [0.15, 0.2) is 6.07 Å². The highest BCUT2D eigenvalue weighted by Crippen LogP contribution is 2.36. The largest absolute Gasteiger partial charge is 0.488 e. The molecular weight excluding hydrogens is 370 g/mol. The van der Waals surface area contributed by atoms with Crippen LogP contribution in [0, 0.1) is 12.3 Å². The second-order valence-electron chi connectivity index (χ2n) is 8.01. The summed E-state index contributed by atoms with van der Waals surface area (Å²) in [4.78, 5) is 21.1. The maximum atomic E-state index is 10.9. The van der Waals surface area contributed by atoms with Gasteiger partial charge in [-0.1, -0.05) is 13.8 Å². The fourth-order valence-corrected chi connectivity index (χ4v) is 3.67. The number of carbonyl (C=O) groups is 1. The number of amidine groups is 1. The van der Waals surface area contributed by atoms with Crippen LogP contribution in [0.1, 0.15) is 57.3 Å². The van der Waals surface area contributed by atoms with Gasteiger partial charge in [0.2, 0.25) is 0 Å². The number of hydrogen-bond acceptors (Lipinski definition) is 5. The van der Waals surface area contributed by atoms with Gasteiger partial charge in [-0.25, -0.2) is 4.98 Å². The van der Waals surface area contributed by atoms with Crippen LogP contribution in [-0.4, -0.2) is 57.5 Å². The first-order chi connectivity index (χ1) is 13.8. The zero-order valence-electron chi connectivity index (χ0n) is 17.6. The second-order valence-corrected chi connectivity index (χ2v) is 8.01. The van der Waals surface area contributed by atoms with Gasteiger partial charge in [-0.3, -0.25) is 10.2 Å². The Morgan fingerprint density at radius 2 is 2.14 bits per heavy atom. The summed E-state index contributed by atoms with van der Waals surface area (Å²) >= 11 is 0. The summed E-state index contributed by atoms with van der Waals surface area (Å²) in [5.41, 5.74) is 3.58. The van der Waals surface area contributed by atoms with Crippen molar-refractivity contribution in [3.8, 4) is 5.75 Å². The molecule has 0 aliphatic carbocycles. The van der Waals surface area contributed by atoms with E-state index in [-0.39, 0.29) is 18.4 Å². The summed E-state index contributed by atoms with van der Waals surface area (Å²) in [6, 6.07) is 1.97. The van der Waals surface area contributed by atoms with E-state index in [1.54, 1.807) is 0 Å². The Morgan fingerprint density at radius 1 is 1.45 bits per heavy atom. The number of nitrogens with one attached hydrogen (secondary N) is 3. The molecule has 1 aromatic heterocycles. The Balaban J connectivity index is 1.88. The van der Waals surface area contributed by atoms with Crippen molar-refractivity contribution < 1.29 is 14.6 Å². The summed E-state index contributed by atoms with van der Waals surface area (Å²) in [6.45, 7) is 9.93. The number of nitrogens with zero attached hydrogens (tertiary/aromatic N) is 2. The lowest BCUT2D eigenvalue weighted by Gasteiger charge is -2.33. The fraction of sp³-hybridized carbons (Fsp3) is 0.571. The van der Waals surface area contributed by atoms with Crippen molar-refractivity contribution in [2.45, 2.75) is 59.0 Å². The van der Waals surface area contributed by atoms with E-state index in [1.165, 1.54) is 0 Å². The molecule has 0 unspecified atom stereocenters. The van der Waals surface area contributed by atoms with Gasteiger partial charge in [0.25, 0.3) is 0 Å². The lowest BCUT2D eigenvalue weighted by Crippen LogP contribution is -2.40. The number of aryl methyl sites for hydroxylation is 1. The number of carboxylic acid groups (broad SMARTS) is 1. The number of fused-ring (bicyclic) bond motifs is 1. The maximum Gasteiger partial charge on any atom is 0.305 e. The smallest absolute Gasteiger partial charge is 0.305 e. The molecule has 4 N–H and O–H groups in total. The van der Waals surface area contributed by atoms with E-state index < -0.39 is 5.97 Å². The molecule has 2 aromatic rings. The summed E-state index contributed by atoms with van der Waals surface area (Å²) in [7, 11) is 0. The molecule has 8 heteroatoms. The van der Waals surface area contributed by atoms with Crippen molar-refractivity contribution in [1.82, 2.24) is 14.9 Å². The van der Waals surface area contributed by atoms with Crippen LogP contribution in [0.4, 0.5) is 5.69 Å². The Kier molecular flexibility index (Phi) is 6.30. The van der Waals surface area contributed by atoms with Gasteiger partial charge < -0.3 is 25.0 Å². The number of anilines is 1. The molecule has 3 rings (SSSR count). The lowest BCUT2D eigenvalue weighted by molar-refractivity contribution is -0.136. The number of aromatic amines is 1. The number of H-pyrrole nitrogens is 1. The van der Waals surface area contributed by atoms with Gasteiger partial charge in [0.15, 0.2) is 0 Å². The normalized spacial score (nSPS) is 15.1. The summed E-state index contributed by atoms with van der Waals surface area (Å²) in [5, 5.41) is 20.0. The SMILES string of the molecule is CC(=N)N1CCC(Oc2cc3[nH]c(C(C)C)nc3c(C)c2NCCC(=O)O)CC1. The van der Waals surface area contributed by atoms with E-state index in [4.69, 9.17) is 20.2 Å². The van der Waals surface area contributed by atoms with Gasteiger partial charge in [0.1, 0.15) is 17.7 Å². The zero-order valence-corrected chi connectivity index (χ0v) is 17.6. The molecule has 0 radical (unpaired) electrons. The van der Waals surface area contributed by atoms with Crippen molar-refractivity contribution in [3.05, 3.63) is 17.5 Å². The molecule has 0 saturated carbocycles. The van der Waals surface area contributed by atoms with Crippen LogP contribution >= 0.6 is 0 Å². The lowest BCUT2D eigenvalue weighted by atomic mass is 10.1. The zero-order chi connectivity index (χ0) is 21.1. The number of rotatable bonds is 7. The van der Waals surface area contributed by atoms with Crippen LogP contribution < -0.4 is 10.1 Å². The maximum absolute atomic E-state index is 10.9. The molecule has 8 nitrogen and oxygen atoms in total. The van der Waals surface area contributed by atoms with E-state index >= 15 is 0 Å². The number of carboxylic acids is 1. The first-order valence-electron chi connectivity index (χ1n) is 10.2. The Morgan fingerprint density at radius 3 is 2.72 bits per heavy atom. The molecule has 1 aromatic carbocycles. The molecule has 0 bridgehead atoms.